The number of aryl methyl sites for hydroxylation is 1. The van der Waals surface area contributed by atoms with Crippen LogP contribution in [0.4, 0.5) is 4.39 Å². The van der Waals surface area contributed by atoms with Gasteiger partial charge in [0.25, 0.3) is 0 Å². The average Bonchev–Trinajstić information content (AvgIpc) is 2.31. The molecule has 1 heterocycles. The van der Waals surface area contributed by atoms with Gasteiger partial charge in [0.2, 0.25) is 0 Å². The van der Waals surface area contributed by atoms with E-state index in [4.69, 9.17) is 0 Å². The molecule has 2 nitrogen and oxygen atoms in total. The van der Waals surface area contributed by atoms with Crippen LogP contribution in [-0.4, -0.2) is 10.8 Å². The monoisotopic (exact) mass is 293 g/mol. The van der Waals surface area contributed by atoms with Crippen LogP contribution in [-0.2, 0) is 0 Å². The minimum Gasteiger partial charge on any atom is -0.289 e. The Balaban J connectivity index is 2.47. The van der Waals surface area contributed by atoms with Gasteiger partial charge in [0.1, 0.15) is 5.82 Å². The van der Waals surface area contributed by atoms with E-state index in [2.05, 4.69) is 20.9 Å². The number of benzene rings is 1. The molecule has 86 valence electrons. The first-order valence-electron chi connectivity index (χ1n) is 4.99. The second-order valence-electron chi connectivity index (χ2n) is 3.68. The fourth-order valence-corrected chi connectivity index (χ4v) is 1.90. The molecule has 0 bridgehead atoms. The maximum atomic E-state index is 13.1. The summed E-state index contributed by atoms with van der Waals surface area (Å²) < 4.78 is 13.8. The van der Waals surface area contributed by atoms with Gasteiger partial charge in [-0.25, -0.2) is 4.39 Å². The van der Waals surface area contributed by atoms with Gasteiger partial charge in [-0.3, -0.25) is 9.78 Å². The van der Waals surface area contributed by atoms with Crippen molar-refractivity contribution in [1.29, 1.82) is 0 Å². The molecule has 0 saturated carbocycles. The molecule has 2 rings (SSSR count). The maximum Gasteiger partial charge on any atom is 0.194 e. The molecule has 0 unspecified atom stereocenters. The van der Waals surface area contributed by atoms with E-state index >= 15 is 0 Å². The molecule has 0 saturated heterocycles. The van der Waals surface area contributed by atoms with Gasteiger partial charge in [-0.05, 0) is 46.6 Å². The third kappa shape index (κ3) is 2.58. The molecular formula is C13H9BrFNO. The Kier molecular flexibility index (Phi) is 3.33. The van der Waals surface area contributed by atoms with Gasteiger partial charge < -0.3 is 0 Å². The van der Waals surface area contributed by atoms with E-state index in [1.165, 1.54) is 18.3 Å². The predicted molar refractivity (Wildman–Crippen MR) is 66.5 cm³/mol. The molecule has 0 amide bonds. The number of carbonyl (C=O) groups is 1. The SMILES string of the molecule is Cc1ccc(F)cc1C(=O)c1cncc(Br)c1. The van der Waals surface area contributed by atoms with Crippen molar-refractivity contribution in [3.63, 3.8) is 0 Å². The van der Waals surface area contributed by atoms with Crippen LogP contribution in [0.5, 0.6) is 0 Å². The van der Waals surface area contributed by atoms with Gasteiger partial charge in [0.05, 0.1) is 0 Å². The van der Waals surface area contributed by atoms with Crippen molar-refractivity contribution in [3.8, 4) is 0 Å². The number of aromatic nitrogens is 1. The lowest BCUT2D eigenvalue weighted by Crippen LogP contribution is -2.04. The van der Waals surface area contributed by atoms with Crippen LogP contribution in [0.1, 0.15) is 21.5 Å². The highest BCUT2D eigenvalue weighted by molar-refractivity contribution is 9.10. The molecule has 0 N–H and O–H groups in total. The molecular weight excluding hydrogens is 285 g/mol. The lowest BCUT2D eigenvalue weighted by molar-refractivity contribution is 0.103. The highest BCUT2D eigenvalue weighted by Gasteiger charge is 2.13. The lowest BCUT2D eigenvalue weighted by Gasteiger charge is -2.05. The number of hydrogen-bond acceptors (Lipinski definition) is 2. The minimum atomic E-state index is -0.415. The lowest BCUT2D eigenvalue weighted by atomic mass is 10.0. The van der Waals surface area contributed by atoms with Crippen LogP contribution < -0.4 is 0 Å². The number of carbonyl (C=O) groups excluding carboxylic acids is 1. The average molecular weight is 294 g/mol. The fraction of sp³-hybridized carbons (Fsp3) is 0.0769. The summed E-state index contributed by atoms with van der Waals surface area (Å²) in [5.41, 5.74) is 1.55. The van der Waals surface area contributed by atoms with Crippen molar-refractivity contribution in [1.82, 2.24) is 4.98 Å². The third-order valence-corrected chi connectivity index (χ3v) is 2.84. The van der Waals surface area contributed by atoms with Crippen molar-refractivity contribution < 1.29 is 9.18 Å². The zero-order valence-corrected chi connectivity index (χ0v) is 10.7. The Bertz CT molecular complexity index is 583. The third-order valence-electron chi connectivity index (χ3n) is 2.41. The predicted octanol–water partition coefficient (Wildman–Crippen LogP) is 3.52. The Morgan fingerprint density at radius 3 is 2.76 bits per heavy atom. The van der Waals surface area contributed by atoms with Crippen LogP contribution in [0.25, 0.3) is 0 Å². The second-order valence-corrected chi connectivity index (χ2v) is 4.60. The van der Waals surface area contributed by atoms with Crippen molar-refractivity contribution in [2.75, 3.05) is 0 Å². The van der Waals surface area contributed by atoms with Crippen LogP contribution in [0.2, 0.25) is 0 Å². The smallest absolute Gasteiger partial charge is 0.194 e. The Morgan fingerprint density at radius 1 is 1.29 bits per heavy atom. The molecule has 0 aliphatic rings. The molecule has 1 aromatic heterocycles. The van der Waals surface area contributed by atoms with Crippen molar-refractivity contribution in [2.24, 2.45) is 0 Å². The molecule has 0 spiro atoms. The number of halogens is 2. The van der Waals surface area contributed by atoms with E-state index in [0.29, 0.717) is 11.1 Å². The summed E-state index contributed by atoms with van der Waals surface area (Å²) in [7, 11) is 0. The van der Waals surface area contributed by atoms with Crippen molar-refractivity contribution in [2.45, 2.75) is 6.92 Å². The van der Waals surface area contributed by atoms with Crippen LogP contribution >= 0.6 is 15.9 Å². The second kappa shape index (κ2) is 4.75. The summed E-state index contributed by atoms with van der Waals surface area (Å²) in [6, 6.07) is 5.84. The summed E-state index contributed by atoms with van der Waals surface area (Å²) in [5, 5.41) is 0. The van der Waals surface area contributed by atoms with Crippen molar-refractivity contribution >= 4 is 21.7 Å². The number of pyridine rings is 1. The van der Waals surface area contributed by atoms with E-state index in [1.807, 2.05) is 0 Å². The maximum absolute atomic E-state index is 13.1. The molecule has 0 atom stereocenters. The summed E-state index contributed by atoms with van der Waals surface area (Å²) in [5.74, 6) is -0.641. The van der Waals surface area contributed by atoms with Gasteiger partial charge >= 0.3 is 0 Å². The fourth-order valence-electron chi connectivity index (χ4n) is 1.53. The summed E-state index contributed by atoms with van der Waals surface area (Å²) in [4.78, 5) is 16.1. The van der Waals surface area contributed by atoms with Gasteiger partial charge in [-0.2, -0.15) is 0 Å². The highest BCUT2D eigenvalue weighted by Crippen LogP contribution is 2.17. The van der Waals surface area contributed by atoms with Gasteiger partial charge in [0, 0.05) is 28.0 Å². The number of hydrogen-bond donors (Lipinski definition) is 0. The quantitative estimate of drug-likeness (QED) is 0.793. The van der Waals surface area contributed by atoms with Gasteiger partial charge in [0.15, 0.2) is 5.78 Å². The molecule has 0 radical (unpaired) electrons. The molecule has 0 fully saturated rings. The van der Waals surface area contributed by atoms with E-state index in [0.717, 1.165) is 10.0 Å². The summed E-state index contributed by atoms with van der Waals surface area (Å²) >= 11 is 3.25. The standard InChI is InChI=1S/C13H9BrFNO/c1-8-2-3-11(15)5-12(8)13(17)9-4-10(14)7-16-6-9/h2-7H,1H3. The Hall–Kier alpha value is -1.55. The number of nitrogens with zero attached hydrogens (tertiary/aromatic N) is 1. The van der Waals surface area contributed by atoms with Crippen molar-refractivity contribution in [3.05, 3.63) is 63.6 Å². The van der Waals surface area contributed by atoms with E-state index < -0.39 is 5.82 Å². The first kappa shape index (κ1) is 11.9. The number of ketones is 1. The molecule has 0 aliphatic carbocycles. The normalized spacial score (nSPS) is 10.3. The minimum absolute atomic E-state index is 0.226. The van der Waals surface area contributed by atoms with Gasteiger partial charge in [-0.15, -0.1) is 0 Å². The molecule has 2 aromatic rings. The summed E-state index contributed by atoms with van der Waals surface area (Å²) in [6.07, 6.45) is 3.06. The molecule has 4 heteroatoms. The van der Waals surface area contributed by atoms with E-state index in [-0.39, 0.29) is 5.78 Å². The zero-order chi connectivity index (χ0) is 12.4. The first-order chi connectivity index (χ1) is 8.08. The highest BCUT2D eigenvalue weighted by atomic mass is 79.9. The first-order valence-corrected chi connectivity index (χ1v) is 5.78. The largest absolute Gasteiger partial charge is 0.289 e. The zero-order valence-electron chi connectivity index (χ0n) is 9.08. The number of rotatable bonds is 2. The van der Waals surface area contributed by atoms with Crippen LogP contribution in [0.15, 0.2) is 41.1 Å². The van der Waals surface area contributed by atoms with Crippen LogP contribution in [0, 0.1) is 12.7 Å². The van der Waals surface area contributed by atoms with Gasteiger partial charge in [-0.1, -0.05) is 6.07 Å². The topological polar surface area (TPSA) is 30.0 Å². The van der Waals surface area contributed by atoms with E-state index in [1.54, 1.807) is 25.3 Å². The van der Waals surface area contributed by atoms with E-state index in [9.17, 15) is 9.18 Å². The molecule has 0 aliphatic heterocycles. The Labute approximate surface area is 107 Å². The molecule has 17 heavy (non-hydrogen) atoms. The van der Waals surface area contributed by atoms with Crippen LogP contribution in [0.3, 0.4) is 0 Å². The Morgan fingerprint density at radius 2 is 2.06 bits per heavy atom. The summed E-state index contributed by atoms with van der Waals surface area (Å²) in [6.45, 7) is 1.78. The molecule has 1 aromatic carbocycles.